The summed E-state index contributed by atoms with van der Waals surface area (Å²) in [6.45, 7) is 1.56. The van der Waals surface area contributed by atoms with Crippen LogP contribution in [0.3, 0.4) is 0 Å². The number of benzene rings is 1. The van der Waals surface area contributed by atoms with Crippen LogP contribution in [0.5, 0.6) is 5.75 Å². The number of nitrogens with zero attached hydrogens (tertiary/aromatic N) is 2. The Bertz CT molecular complexity index is 766. The number of carbonyl (C=O) groups is 2. The molecule has 0 saturated heterocycles. The molecule has 7 nitrogen and oxygen atoms in total. The van der Waals surface area contributed by atoms with Gasteiger partial charge in [-0.2, -0.15) is 5.10 Å². The van der Waals surface area contributed by atoms with Crippen LogP contribution < -0.4 is 10.1 Å². The number of nitrogens with one attached hydrogen (secondary N) is 1. The molecular weight excluding hydrogens is 334 g/mol. The number of ether oxygens (including phenoxy) is 2. The summed E-state index contributed by atoms with van der Waals surface area (Å²) in [6.07, 6.45) is 4.90. The van der Waals surface area contributed by atoms with Crippen molar-refractivity contribution < 1.29 is 19.1 Å². The molecule has 2 aromatic rings. The van der Waals surface area contributed by atoms with E-state index in [1.165, 1.54) is 7.11 Å². The highest BCUT2D eigenvalue weighted by Gasteiger charge is 2.26. The Morgan fingerprint density at radius 2 is 1.92 bits per heavy atom. The lowest BCUT2D eigenvalue weighted by molar-refractivity contribution is -0.129. The van der Waals surface area contributed by atoms with Gasteiger partial charge in [0.1, 0.15) is 0 Å². The number of carbonyl (C=O) groups excluding carboxylic acids is 2. The van der Waals surface area contributed by atoms with Crippen molar-refractivity contribution in [2.75, 3.05) is 7.11 Å². The minimum Gasteiger partial charge on any atom is -0.493 e. The molecule has 0 unspecified atom stereocenters. The summed E-state index contributed by atoms with van der Waals surface area (Å²) < 4.78 is 12.1. The minimum absolute atomic E-state index is 0.0388. The van der Waals surface area contributed by atoms with Gasteiger partial charge in [0, 0.05) is 6.04 Å². The number of amides is 1. The van der Waals surface area contributed by atoms with Crippen molar-refractivity contribution in [2.24, 2.45) is 0 Å². The molecule has 7 heteroatoms. The van der Waals surface area contributed by atoms with Crippen LogP contribution in [0.4, 0.5) is 0 Å². The van der Waals surface area contributed by atoms with Gasteiger partial charge in [0.15, 0.2) is 11.9 Å². The van der Waals surface area contributed by atoms with Crippen LogP contribution >= 0.6 is 0 Å². The number of para-hydroxylation sites is 1. The first-order valence-corrected chi connectivity index (χ1v) is 8.79. The lowest BCUT2D eigenvalue weighted by atomic mass is 10.2. The van der Waals surface area contributed by atoms with Crippen molar-refractivity contribution in [3.8, 4) is 11.4 Å². The smallest absolute Gasteiger partial charge is 0.363 e. The van der Waals surface area contributed by atoms with Gasteiger partial charge in [0.05, 0.1) is 19.0 Å². The van der Waals surface area contributed by atoms with E-state index in [2.05, 4.69) is 10.4 Å². The van der Waals surface area contributed by atoms with Crippen molar-refractivity contribution >= 4 is 11.9 Å². The van der Waals surface area contributed by atoms with Crippen LogP contribution in [0, 0.1) is 0 Å². The van der Waals surface area contributed by atoms with Crippen molar-refractivity contribution in [3.05, 3.63) is 42.2 Å². The van der Waals surface area contributed by atoms with Gasteiger partial charge in [-0.1, -0.05) is 31.0 Å². The zero-order valence-electron chi connectivity index (χ0n) is 15.0. The van der Waals surface area contributed by atoms with Crippen LogP contribution in [0.15, 0.2) is 36.5 Å². The molecule has 138 valence electrons. The molecular formula is C19H23N3O4. The molecule has 1 aliphatic rings. The fraction of sp³-hybridized carbons (Fsp3) is 0.421. The molecule has 3 rings (SSSR count). The first-order chi connectivity index (χ1) is 12.6. The third-order valence-corrected chi connectivity index (χ3v) is 4.47. The molecule has 26 heavy (non-hydrogen) atoms. The van der Waals surface area contributed by atoms with Crippen LogP contribution in [0.1, 0.15) is 43.1 Å². The van der Waals surface area contributed by atoms with Gasteiger partial charge in [-0.05, 0) is 31.9 Å². The zero-order chi connectivity index (χ0) is 18.5. The summed E-state index contributed by atoms with van der Waals surface area (Å²) in [5.41, 5.74) is 0.828. The Morgan fingerprint density at radius 1 is 1.23 bits per heavy atom. The summed E-state index contributed by atoms with van der Waals surface area (Å²) in [5, 5.41) is 7.17. The minimum atomic E-state index is -0.894. The second kappa shape index (κ2) is 8.03. The van der Waals surface area contributed by atoms with E-state index in [1.807, 2.05) is 30.3 Å². The van der Waals surface area contributed by atoms with E-state index in [-0.39, 0.29) is 17.6 Å². The maximum absolute atomic E-state index is 12.5. The van der Waals surface area contributed by atoms with E-state index in [0.29, 0.717) is 5.75 Å². The summed E-state index contributed by atoms with van der Waals surface area (Å²) in [5.74, 6) is -0.681. The van der Waals surface area contributed by atoms with E-state index in [9.17, 15) is 9.59 Å². The Balaban J connectivity index is 1.68. The van der Waals surface area contributed by atoms with E-state index >= 15 is 0 Å². The van der Waals surface area contributed by atoms with Gasteiger partial charge in [0.2, 0.25) is 5.69 Å². The third-order valence-electron chi connectivity index (χ3n) is 4.47. The molecule has 0 spiro atoms. The second-order valence-electron chi connectivity index (χ2n) is 6.36. The maximum atomic E-state index is 12.5. The molecule has 1 aromatic carbocycles. The van der Waals surface area contributed by atoms with Gasteiger partial charge in [-0.3, -0.25) is 4.79 Å². The molecule has 1 atom stereocenters. The number of rotatable bonds is 6. The molecule has 1 aromatic heterocycles. The van der Waals surface area contributed by atoms with Crippen LogP contribution in [-0.2, 0) is 9.53 Å². The van der Waals surface area contributed by atoms with Crippen molar-refractivity contribution in [3.63, 3.8) is 0 Å². The molecule has 0 bridgehead atoms. The number of hydrogen-bond donors (Lipinski definition) is 1. The summed E-state index contributed by atoms with van der Waals surface area (Å²) in [7, 11) is 1.46. The highest BCUT2D eigenvalue weighted by atomic mass is 16.6. The van der Waals surface area contributed by atoms with Gasteiger partial charge >= 0.3 is 5.97 Å². The highest BCUT2D eigenvalue weighted by molar-refractivity contribution is 5.93. The normalized spacial score (nSPS) is 15.5. The SMILES string of the molecule is COc1cn(-c2ccccc2)nc1C(=O)O[C@H](C)C(=O)NC1CCCC1. The first kappa shape index (κ1) is 18.0. The first-order valence-electron chi connectivity index (χ1n) is 8.79. The van der Waals surface area contributed by atoms with E-state index < -0.39 is 12.1 Å². The van der Waals surface area contributed by atoms with Gasteiger partial charge in [-0.15, -0.1) is 0 Å². The van der Waals surface area contributed by atoms with E-state index in [1.54, 1.807) is 17.8 Å². The van der Waals surface area contributed by atoms with Crippen LogP contribution in [0.25, 0.3) is 5.69 Å². The summed E-state index contributed by atoms with van der Waals surface area (Å²) in [6, 6.07) is 9.53. The van der Waals surface area contributed by atoms with Crippen LogP contribution in [-0.4, -0.2) is 40.9 Å². The number of methoxy groups -OCH3 is 1. The fourth-order valence-electron chi connectivity index (χ4n) is 3.02. The molecule has 0 aliphatic heterocycles. The van der Waals surface area contributed by atoms with Crippen molar-refractivity contribution in [1.82, 2.24) is 15.1 Å². The molecule has 1 aliphatic carbocycles. The van der Waals surface area contributed by atoms with E-state index in [4.69, 9.17) is 9.47 Å². The average Bonchev–Trinajstić information content (AvgIpc) is 3.31. The van der Waals surface area contributed by atoms with Crippen molar-refractivity contribution in [2.45, 2.75) is 44.8 Å². The van der Waals surface area contributed by atoms with Crippen molar-refractivity contribution in [1.29, 1.82) is 0 Å². The number of hydrogen-bond acceptors (Lipinski definition) is 5. The van der Waals surface area contributed by atoms with Gasteiger partial charge in [-0.25, -0.2) is 9.48 Å². The van der Waals surface area contributed by atoms with Gasteiger partial charge < -0.3 is 14.8 Å². The Labute approximate surface area is 152 Å². The third kappa shape index (κ3) is 4.04. The molecule has 1 fully saturated rings. The largest absolute Gasteiger partial charge is 0.493 e. The van der Waals surface area contributed by atoms with Gasteiger partial charge in [0.25, 0.3) is 5.91 Å². The quantitative estimate of drug-likeness (QED) is 0.803. The average molecular weight is 357 g/mol. The summed E-state index contributed by atoms with van der Waals surface area (Å²) >= 11 is 0. The highest BCUT2D eigenvalue weighted by Crippen LogP contribution is 2.21. The second-order valence-corrected chi connectivity index (χ2v) is 6.36. The summed E-state index contributed by atoms with van der Waals surface area (Å²) in [4.78, 5) is 24.7. The predicted octanol–water partition coefficient (Wildman–Crippen LogP) is 2.49. The molecule has 1 saturated carbocycles. The lowest BCUT2D eigenvalue weighted by Crippen LogP contribution is -2.40. The predicted molar refractivity (Wildman–Crippen MR) is 95.4 cm³/mol. The Kier molecular flexibility index (Phi) is 5.55. The van der Waals surface area contributed by atoms with Crippen LogP contribution in [0.2, 0.25) is 0 Å². The molecule has 1 N–H and O–H groups in total. The zero-order valence-corrected chi connectivity index (χ0v) is 15.0. The number of aromatic nitrogens is 2. The Morgan fingerprint density at radius 3 is 2.58 bits per heavy atom. The monoisotopic (exact) mass is 357 g/mol. The van der Waals surface area contributed by atoms with E-state index in [0.717, 1.165) is 31.4 Å². The topological polar surface area (TPSA) is 82.5 Å². The fourth-order valence-corrected chi connectivity index (χ4v) is 3.02. The molecule has 1 heterocycles. The molecule has 1 amide bonds. The number of esters is 1. The lowest BCUT2D eigenvalue weighted by Gasteiger charge is -2.16. The maximum Gasteiger partial charge on any atom is 0.363 e. The standard InChI is InChI=1S/C19H23N3O4/c1-13(18(23)20-14-8-6-7-9-14)26-19(24)17-16(25-2)12-22(21-17)15-10-4-3-5-11-15/h3-5,10-14H,6-9H2,1-2H3,(H,20,23)/t13-/m1/s1. The molecule has 0 radical (unpaired) electrons. The Hall–Kier alpha value is -2.83.